The second-order valence-electron chi connectivity index (χ2n) is 5.87. The maximum atomic E-state index is 3.64. The maximum absolute atomic E-state index is 3.64. The fraction of sp³-hybridized carbons (Fsp3) is 0.647. The Morgan fingerprint density at radius 3 is 2.53 bits per heavy atom. The Labute approximate surface area is 118 Å². The fourth-order valence-electron chi connectivity index (χ4n) is 2.77. The molecule has 1 aromatic rings. The van der Waals surface area contributed by atoms with Crippen LogP contribution in [0.15, 0.2) is 18.2 Å². The Morgan fingerprint density at radius 1 is 1.26 bits per heavy atom. The van der Waals surface area contributed by atoms with Gasteiger partial charge in [0, 0.05) is 31.4 Å². The van der Waals surface area contributed by atoms with E-state index in [0.717, 1.165) is 12.6 Å². The molecule has 2 rings (SSSR count). The van der Waals surface area contributed by atoms with Crippen molar-refractivity contribution in [2.45, 2.75) is 65.1 Å². The van der Waals surface area contributed by atoms with Gasteiger partial charge in [-0.2, -0.15) is 0 Å². The second-order valence-corrected chi connectivity index (χ2v) is 5.87. The predicted octanol–water partition coefficient (Wildman–Crippen LogP) is 3.87. The summed E-state index contributed by atoms with van der Waals surface area (Å²) in [6.45, 7) is 7.75. The Kier molecular flexibility index (Phi) is 4.87. The zero-order valence-corrected chi connectivity index (χ0v) is 12.9. The Bertz CT molecular complexity index is 406. The van der Waals surface area contributed by atoms with Gasteiger partial charge in [-0.25, -0.2) is 0 Å². The molecule has 0 atom stereocenters. The summed E-state index contributed by atoms with van der Waals surface area (Å²) >= 11 is 0. The van der Waals surface area contributed by atoms with Crippen LogP contribution >= 0.6 is 0 Å². The van der Waals surface area contributed by atoms with Crippen molar-refractivity contribution in [3.8, 4) is 0 Å². The van der Waals surface area contributed by atoms with Crippen molar-refractivity contribution in [2.75, 3.05) is 11.9 Å². The first-order valence-corrected chi connectivity index (χ1v) is 7.71. The molecule has 0 heterocycles. The summed E-state index contributed by atoms with van der Waals surface area (Å²) in [5.74, 6) is 0. The molecule has 2 nitrogen and oxygen atoms in total. The third-order valence-corrected chi connectivity index (χ3v) is 4.26. The predicted molar refractivity (Wildman–Crippen MR) is 83.8 cm³/mol. The molecular weight excluding hydrogens is 232 g/mol. The molecule has 0 amide bonds. The first-order valence-electron chi connectivity index (χ1n) is 7.71. The van der Waals surface area contributed by atoms with Crippen LogP contribution < -0.4 is 10.2 Å². The zero-order valence-electron chi connectivity index (χ0n) is 12.9. The van der Waals surface area contributed by atoms with E-state index in [4.69, 9.17) is 0 Å². The lowest BCUT2D eigenvalue weighted by Gasteiger charge is -2.30. The minimum Gasteiger partial charge on any atom is -0.371 e. The standard InChI is InChI=1S/C17H28N2/c1-5-16(6-2)19(4)17-10-7-13(3)11-14(17)12-18-15-8-9-15/h7,10-11,15-16,18H,5-6,8-9,12H2,1-4H3. The topological polar surface area (TPSA) is 15.3 Å². The van der Waals surface area contributed by atoms with E-state index < -0.39 is 0 Å². The van der Waals surface area contributed by atoms with Crippen molar-refractivity contribution in [1.82, 2.24) is 5.32 Å². The molecule has 19 heavy (non-hydrogen) atoms. The number of anilines is 1. The first-order chi connectivity index (χ1) is 9.15. The van der Waals surface area contributed by atoms with E-state index in [-0.39, 0.29) is 0 Å². The Morgan fingerprint density at radius 2 is 1.95 bits per heavy atom. The number of hydrogen-bond acceptors (Lipinski definition) is 2. The fourth-order valence-corrected chi connectivity index (χ4v) is 2.77. The van der Waals surface area contributed by atoms with Gasteiger partial charge < -0.3 is 10.2 Å². The Hall–Kier alpha value is -1.02. The minimum absolute atomic E-state index is 0.641. The van der Waals surface area contributed by atoms with Crippen molar-refractivity contribution in [3.05, 3.63) is 29.3 Å². The molecule has 1 saturated carbocycles. The van der Waals surface area contributed by atoms with Crippen LogP contribution in [0, 0.1) is 6.92 Å². The van der Waals surface area contributed by atoms with E-state index in [1.165, 1.54) is 42.5 Å². The summed E-state index contributed by atoms with van der Waals surface area (Å²) < 4.78 is 0. The van der Waals surface area contributed by atoms with Gasteiger partial charge in [0.05, 0.1) is 0 Å². The van der Waals surface area contributed by atoms with Gasteiger partial charge in [-0.15, -0.1) is 0 Å². The van der Waals surface area contributed by atoms with Gasteiger partial charge in [0.15, 0.2) is 0 Å². The monoisotopic (exact) mass is 260 g/mol. The second kappa shape index (κ2) is 6.42. The van der Waals surface area contributed by atoms with Gasteiger partial charge in [0.1, 0.15) is 0 Å². The molecule has 0 bridgehead atoms. The normalized spacial score (nSPS) is 15.0. The highest BCUT2D eigenvalue weighted by Crippen LogP contribution is 2.26. The summed E-state index contributed by atoms with van der Waals surface area (Å²) in [6.07, 6.45) is 5.11. The average molecular weight is 260 g/mol. The van der Waals surface area contributed by atoms with Gasteiger partial charge in [0.25, 0.3) is 0 Å². The highest BCUT2D eigenvalue weighted by atomic mass is 15.1. The third-order valence-electron chi connectivity index (χ3n) is 4.26. The van der Waals surface area contributed by atoms with E-state index in [0.29, 0.717) is 6.04 Å². The van der Waals surface area contributed by atoms with Gasteiger partial charge >= 0.3 is 0 Å². The van der Waals surface area contributed by atoms with E-state index >= 15 is 0 Å². The molecule has 1 aliphatic rings. The molecule has 0 aromatic heterocycles. The number of nitrogens with one attached hydrogen (secondary N) is 1. The summed E-state index contributed by atoms with van der Waals surface area (Å²) in [5.41, 5.74) is 4.20. The zero-order chi connectivity index (χ0) is 13.8. The minimum atomic E-state index is 0.641. The highest BCUT2D eigenvalue weighted by molar-refractivity contribution is 5.55. The van der Waals surface area contributed by atoms with E-state index in [1.54, 1.807) is 0 Å². The molecule has 106 valence electrons. The summed E-state index contributed by atoms with van der Waals surface area (Å²) in [7, 11) is 2.24. The van der Waals surface area contributed by atoms with Crippen molar-refractivity contribution in [1.29, 1.82) is 0 Å². The molecule has 1 aromatic carbocycles. The molecule has 1 N–H and O–H groups in total. The van der Waals surface area contributed by atoms with Crippen LogP contribution in [0.3, 0.4) is 0 Å². The van der Waals surface area contributed by atoms with Crippen molar-refractivity contribution in [3.63, 3.8) is 0 Å². The van der Waals surface area contributed by atoms with Crippen LogP contribution in [-0.2, 0) is 6.54 Å². The summed E-state index contributed by atoms with van der Waals surface area (Å²) in [4.78, 5) is 2.46. The maximum Gasteiger partial charge on any atom is 0.0411 e. The van der Waals surface area contributed by atoms with Gasteiger partial charge in [-0.05, 0) is 44.2 Å². The molecule has 0 saturated heterocycles. The summed E-state index contributed by atoms with van der Waals surface area (Å²) in [6, 6.07) is 8.27. The van der Waals surface area contributed by atoms with Gasteiger partial charge in [-0.1, -0.05) is 31.5 Å². The highest BCUT2D eigenvalue weighted by Gasteiger charge is 2.21. The summed E-state index contributed by atoms with van der Waals surface area (Å²) in [5, 5.41) is 3.64. The SMILES string of the molecule is CCC(CC)N(C)c1ccc(C)cc1CNC1CC1. The van der Waals surface area contributed by atoms with Crippen molar-refractivity contribution in [2.24, 2.45) is 0 Å². The molecule has 0 aliphatic heterocycles. The lowest BCUT2D eigenvalue weighted by atomic mass is 10.0. The van der Waals surface area contributed by atoms with Crippen LogP contribution in [0.4, 0.5) is 5.69 Å². The third kappa shape index (κ3) is 3.73. The average Bonchev–Trinajstić information content (AvgIpc) is 3.21. The Balaban J connectivity index is 2.16. The van der Waals surface area contributed by atoms with E-state index in [2.05, 4.69) is 56.2 Å². The van der Waals surface area contributed by atoms with Gasteiger partial charge in [0.2, 0.25) is 0 Å². The van der Waals surface area contributed by atoms with E-state index in [9.17, 15) is 0 Å². The molecule has 1 aliphatic carbocycles. The molecule has 0 spiro atoms. The van der Waals surface area contributed by atoms with E-state index in [1.807, 2.05) is 0 Å². The molecule has 0 radical (unpaired) electrons. The van der Waals surface area contributed by atoms with Crippen LogP contribution in [-0.4, -0.2) is 19.1 Å². The number of aryl methyl sites for hydroxylation is 1. The van der Waals surface area contributed by atoms with Crippen molar-refractivity contribution < 1.29 is 0 Å². The molecule has 1 fully saturated rings. The number of nitrogens with zero attached hydrogens (tertiary/aromatic N) is 1. The lowest BCUT2D eigenvalue weighted by molar-refractivity contribution is 0.587. The number of rotatable bonds is 7. The smallest absolute Gasteiger partial charge is 0.0411 e. The number of benzene rings is 1. The lowest BCUT2D eigenvalue weighted by Crippen LogP contribution is -2.31. The van der Waals surface area contributed by atoms with Gasteiger partial charge in [-0.3, -0.25) is 0 Å². The quantitative estimate of drug-likeness (QED) is 0.800. The molecular formula is C17H28N2. The van der Waals surface area contributed by atoms with Crippen LogP contribution in [0.5, 0.6) is 0 Å². The molecule has 0 unspecified atom stereocenters. The van der Waals surface area contributed by atoms with Crippen LogP contribution in [0.1, 0.15) is 50.7 Å². The first kappa shape index (κ1) is 14.4. The number of hydrogen-bond donors (Lipinski definition) is 1. The van der Waals surface area contributed by atoms with Crippen LogP contribution in [0.25, 0.3) is 0 Å². The molecule has 2 heteroatoms. The van der Waals surface area contributed by atoms with Crippen molar-refractivity contribution >= 4 is 5.69 Å². The largest absolute Gasteiger partial charge is 0.371 e. The van der Waals surface area contributed by atoms with Crippen LogP contribution in [0.2, 0.25) is 0 Å².